The van der Waals surface area contributed by atoms with E-state index in [1.807, 2.05) is 0 Å². The Hall–Kier alpha value is -2.61. The van der Waals surface area contributed by atoms with E-state index in [-0.39, 0.29) is 18.1 Å². The second-order valence-electron chi connectivity index (χ2n) is 3.64. The Morgan fingerprint density at radius 2 is 1.80 bits per heavy atom. The fourth-order valence-electron chi connectivity index (χ4n) is 1.07. The van der Waals surface area contributed by atoms with Gasteiger partial charge in [0.15, 0.2) is 0 Å². The van der Waals surface area contributed by atoms with Gasteiger partial charge in [-0.25, -0.2) is 9.59 Å². The van der Waals surface area contributed by atoms with Crippen molar-refractivity contribution in [1.29, 1.82) is 0 Å². The molecule has 0 atom stereocenters. The lowest BCUT2D eigenvalue weighted by Crippen LogP contribution is -2.25. The molecule has 1 aromatic rings. The van der Waals surface area contributed by atoms with Crippen molar-refractivity contribution >= 4 is 23.7 Å². The van der Waals surface area contributed by atoms with Crippen LogP contribution in [0.5, 0.6) is 0 Å². The predicted octanol–water partition coefficient (Wildman–Crippen LogP) is 0.474. The summed E-state index contributed by atoms with van der Waals surface area (Å²) in [4.78, 5) is 31.0. The van der Waals surface area contributed by atoms with Gasteiger partial charge in [0.2, 0.25) is 0 Å². The van der Waals surface area contributed by atoms with E-state index in [2.05, 4.69) is 16.4 Å². The minimum absolute atomic E-state index is 0.145. The highest BCUT2D eigenvalue weighted by atomic mass is 16.4. The van der Waals surface area contributed by atoms with Crippen LogP contribution in [-0.2, 0) is 4.79 Å². The summed E-state index contributed by atoms with van der Waals surface area (Å²) in [6.45, 7) is 1.51. The van der Waals surface area contributed by atoms with Crippen LogP contribution in [0.3, 0.4) is 0 Å². The third-order valence-electron chi connectivity index (χ3n) is 2.13. The van der Waals surface area contributed by atoms with E-state index in [1.54, 1.807) is 13.0 Å². The zero-order chi connectivity index (χ0) is 15.7. The molecule has 0 unspecified atom stereocenters. The third-order valence-corrected chi connectivity index (χ3v) is 2.13. The Kier molecular flexibility index (Phi) is 7.38. The first-order valence-electron chi connectivity index (χ1n) is 5.56. The minimum Gasteiger partial charge on any atom is -0.480 e. The van der Waals surface area contributed by atoms with Gasteiger partial charge in [-0.3, -0.25) is 4.79 Å². The lowest BCUT2D eigenvalue weighted by molar-refractivity contribution is -0.135. The zero-order valence-electron chi connectivity index (χ0n) is 11.1. The highest BCUT2D eigenvalue weighted by Gasteiger charge is 2.07. The predicted molar refractivity (Wildman–Crippen MR) is 72.9 cm³/mol. The van der Waals surface area contributed by atoms with Crippen molar-refractivity contribution in [3.05, 3.63) is 29.3 Å². The van der Waals surface area contributed by atoms with Gasteiger partial charge < -0.3 is 26.6 Å². The molecule has 0 saturated heterocycles. The maximum absolute atomic E-state index is 11.0. The van der Waals surface area contributed by atoms with Gasteiger partial charge in [-0.05, 0) is 24.6 Å². The number of carboxylic acids is 2. The number of carboxylic acid groups (broad SMARTS) is 2. The van der Waals surface area contributed by atoms with Gasteiger partial charge in [0.25, 0.3) is 0 Å². The van der Waals surface area contributed by atoms with Crippen molar-refractivity contribution in [3.63, 3.8) is 0 Å². The number of benzene rings is 1. The van der Waals surface area contributed by atoms with E-state index in [9.17, 15) is 14.4 Å². The molecule has 8 heteroatoms. The topological polar surface area (TPSA) is 142 Å². The summed E-state index contributed by atoms with van der Waals surface area (Å²) in [5, 5.41) is 21.3. The normalized spacial score (nSPS) is 8.95. The second kappa shape index (κ2) is 8.48. The lowest BCUT2D eigenvalue weighted by atomic mass is 10.1. The molecule has 20 heavy (non-hydrogen) atoms. The maximum atomic E-state index is 11.0. The Labute approximate surface area is 115 Å². The molecule has 0 aromatic heterocycles. The second-order valence-corrected chi connectivity index (χ2v) is 3.64. The van der Waals surface area contributed by atoms with Crippen molar-refractivity contribution in [2.75, 3.05) is 18.9 Å². The van der Waals surface area contributed by atoms with Crippen molar-refractivity contribution < 1.29 is 24.6 Å². The number of amides is 2. The number of carbonyl (C=O) groups excluding carboxylic acids is 1. The molecular weight excluding hydrogens is 266 g/mol. The molecule has 0 spiro atoms. The number of rotatable bonds is 3. The lowest BCUT2D eigenvalue weighted by Gasteiger charge is -2.08. The fraction of sp³-hybridized carbons (Fsp3) is 0.250. The smallest absolute Gasteiger partial charge is 0.335 e. The Bertz CT molecular complexity index is 502. The van der Waals surface area contributed by atoms with E-state index in [0.717, 1.165) is 5.56 Å². The molecule has 1 rings (SSSR count). The fourth-order valence-corrected chi connectivity index (χ4v) is 1.07. The van der Waals surface area contributed by atoms with Gasteiger partial charge in [0.1, 0.15) is 0 Å². The first kappa shape index (κ1) is 17.4. The molecule has 0 heterocycles. The molecule has 0 aliphatic heterocycles. The molecule has 0 fully saturated rings. The average molecular weight is 283 g/mol. The number of aliphatic carboxylic acids is 1. The minimum atomic E-state index is -1.02. The molecule has 6 N–H and O–H groups in total. The van der Waals surface area contributed by atoms with Crippen molar-refractivity contribution in [2.24, 2.45) is 5.73 Å². The maximum Gasteiger partial charge on any atom is 0.335 e. The molecule has 1 aromatic carbocycles. The van der Waals surface area contributed by atoms with Gasteiger partial charge in [-0.1, -0.05) is 6.07 Å². The van der Waals surface area contributed by atoms with Crippen LogP contribution in [0.15, 0.2) is 18.2 Å². The Balaban J connectivity index is 0.000000621. The van der Waals surface area contributed by atoms with Gasteiger partial charge >= 0.3 is 18.0 Å². The van der Waals surface area contributed by atoms with Crippen LogP contribution in [0.2, 0.25) is 0 Å². The summed E-state index contributed by atoms with van der Waals surface area (Å²) in [6.07, 6.45) is 0. The number of urea groups is 1. The quantitative estimate of drug-likeness (QED) is 0.546. The number of aromatic carboxylic acids is 1. The largest absolute Gasteiger partial charge is 0.480 e. The molecule has 8 nitrogen and oxygen atoms in total. The number of aryl methyl sites for hydroxylation is 1. The summed E-state index contributed by atoms with van der Waals surface area (Å²) < 4.78 is 0. The van der Waals surface area contributed by atoms with Crippen molar-refractivity contribution in [3.8, 4) is 0 Å². The summed E-state index contributed by atoms with van der Waals surface area (Å²) in [5.74, 6) is -1.99. The van der Waals surface area contributed by atoms with E-state index in [0.29, 0.717) is 5.69 Å². The molecule has 0 bridgehead atoms. The van der Waals surface area contributed by atoms with Crippen molar-refractivity contribution in [1.82, 2.24) is 5.32 Å². The highest BCUT2D eigenvalue weighted by molar-refractivity contribution is 5.93. The molecule has 0 radical (unpaired) electrons. The zero-order valence-corrected chi connectivity index (χ0v) is 11.1. The monoisotopic (exact) mass is 283 g/mol. The van der Waals surface area contributed by atoms with E-state index >= 15 is 0 Å². The molecule has 0 saturated carbocycles. The summed E-state index contributed by atoms with van der Waals surface area (Å²) in [6, 6.07) is 4.19. The van der Waals surface area contributed by atoms with Gasteiger partial charge in [0.05, 0.1) is 12.1 Å². The van der Waals surface area contributed by atoms with Crippen LogP contribution >= 0.6 is 0 Å². The molecule has 2 amide bonds. The van der Waals surface area contributed by atoms with Crippen LogP contribution in [0.4, 0.5) is 10.5 Å². The highest BCUT2D eigenvalue weighted by Crippen LogP contribution is 2.16. The van der Waals surface area contributed by atoms with Gasteiger partial charge in [0, 0.05) is 12.7 Å². The van der Waals surface area contributed by atoms with Gasteiger partial charge in [-0.15, -0.1) is 0 Å². The summed E-state index contributed by atoms with van der Waals surface area (Å²) in [5.41, 5.74) is 6.02. The van der Waals surface area contributed by atoms with Crippen LogP contribution < -0.4 is 16.4 Å². The Morgan fingerprint density at radius 3 is 2.20 bits per heavy atom. The molecule has 0 aliphatic rings. The first-order valence-corrected chi connectivity index (χ1v) is 5.56. The van der Waals surface area contributed by atoms with Crippen LogP contribution in [0.1, 0.15) is 15.9 Å². The SMILES string of the molecule is CNC(=O)Nc1cc(C(=O)O)ccc1C.NCC(=O)O. The molecule has 0 aliphatic carbocycles. The van der Waals surface area contributed by atoms with E-state index < -0.39 is 11.9 Å². The number of anilines is 1. The van der Waals surface area contributed by atoms with E-state index in [4.69, 9.17) is 10.2 Å². The number of nitrogens with two attached hydrogens (primary N) is 1. The van der Waals surface area contributed by atoms with Crippen LogP contribution in [-0.4, -0.2) is 41.8 Å². The standard InChI is InChI=1S/C10H12N2O3.C2H5NO2/c1-6-3-4-7(9(13)14)5-8(6)12-10(15)11-2;3-1-2(4)5/h3-5H,1-2H3,(H,13,14)(H2,11,12,15);1,3H2,(H,4,5). The molecule has 110 valence electrons. The number of carbonyl (C=O) groups is 3. The number of hydrogen-bond donors (Lipinski definition) is 5. The Morgan fingerprint density at radius 1 is 1.25 bits per heavy atom. The van der Waals surface area contributed by atoms with Crippen LogP contribution in [0, 0.1) is 6.92 Å². The first-order chi connectivity index (χ1) is 9.31. The van der Waals surface area contributed by atoms with E-state index in [1.165, 1.54) is 19.2 Å². The molecular formula is C12H17N3O5. The number of hydrogen-bond acceptors (Lipinski definition) is 4. The number of nitrogens with one attached hydrogen (secondary N) is 2. The summed E-state index contributed by atoms with van der Waals surface area (Å²) >= 11 is 0. The third kappa shape index (κ3) is 6.36. The summed E-state index contributed by atoms with van der Waals surface area (Å²) in [7, 11) is 1.49. The van der Waals surface area contributed by atoms with Crippen LogP contribution in [0.25, 0.3) is 0 Å². The average Bonchev–Trinajstić information content (AvgIpc) is 2.41. The van der Waals surface area contributed by atoms with Crippen molar-refractivity contribution in [2.45, 2.75) is 6.92 Å². The van der Waals surface area contributed by atoms with Gasteiger partial charge in [-0.2, -0.15) is 0 Å².